The first-order chi connectivity index (χ1) is 11.0. The molecule has 0 radical (unpaired) electrons. The number of rotatable bonds is 4. The van der Waals surface area contributed by atoms with Crippen molar-refractivity contribution in [2.45, 2.75) is 45.6 Å². The molecule has 2 N–H and O–H groups in total. The van der Waals surface area contributed by atoms with Gasteiger partial charge >= 0.3 is 0 Å². The number of hydrogen-bond acceptors (Lipinski definition) is 3. The van der Waals surface area contributed by atoms with E-state index in [2.05, 4.69) is 15.3 Å². The Hall–Kier alpha value is -2.43. The normalized spacial score (nSPS) is 15.3. The van der Waals surface area contributed by atoms with E-state index in [1.807, 2.05) is 39.0 Å². The van der Waals surface area contributed by atoms with E-state index in [0.717, 1.165) is 24.0 Å². The molecule has 1 aliphatic carbocycles. The van der Waals surface area contributed by atoms with Gasteiger partial charge in [0.25, 0.3) is 11.5 Å². The average Bonchev–Trinajstić information content (AvgIpc) is 3.34. The van der Waals surface area contributed by atoms with Gasteiger partial charge in [0, 0.05) is 12.1 Å². The van der Waals surface area contributed by atoms with Crippen molar-refractivity contribution < 1.29 is 4.79 Å². The van der Waals surface area contributed by atoms with Gasteiger partial charge < -0.3 is 10.3 Å². The number of aromatic amines is 1. The zero-order valence-electron chi connectivity index (χ0n) is 13.6. The maximum Gasteiger partial charge on any atom is 0.263 e. The molecule has 1 amide bonds. The fourth-order valence-electron chi connectivity index (χ4n) is 2.73. The van der Waals surface area contributed by atoms with Gasteiger partial charge in [0.1, 0.15) is 11.4 Å². The summed E-state index contributed by atoms with van der Waals surface area (Å²) in [5.74, 6) is 0.650. The number of benzene rings is 1. The van der Waals surface area contributed by atoms with Crippen molar-refractivity contribution in [3.8, 4) is 0 Å². The van der Waals surface area contributed by atoms with E-state index in [0.29, 0.717) is 11.7 Å². The standard InChI is InChI=1S/C18H21N3O2/c1-10-5-4-6-14(11(10)2)12(3)20-17(22)15-9-19-16(13-7-8-13)21-18(15)23/h4-6,9,12-13H,7-8H2,1-3H3,(H,20,22)(H,19,21,23). The third-order valence-corrected chi connectivity index (χ3v) is 4.49. The Labute approximate surface area is 135 Å². The van der Waals surface area contributed by atoms with Crippen LogP contribution in [0.2, 0.25) is 0 Å². The third-order valence-electron chi connectivity index (χ3n) is 4.49. The molecule has 5 nitrogen and oxygen atoms in total. The minimum atomic E-state index is -0.394. The van der Waals surface area contributed by atoms with Gasteiger partial charge in [-0.3, -0.25) is 9.59 Å². The summed E-state index contributed by atoms with van der Waals surface area (Å²) in [6.45, 7) is 5.99. The molecule has 0 spiro atoms. The molecule has 2 aromatic rings. The van der Waals surface area contributed by atoms with Gasteiger partial charge in [-0.25, -0.2) is 4.98 Å². The predicted octanol–water partition coefficient (Wildman–Crippen LogP) is 2.76. The molecular formula is C18H21N3O2. The molecule has 0 saturated heterocycles. The van der Waals surface area contributed by atoms with E-state index < -0.39 is 5.91 Å². The van der Waals surface area contributed by atoms with Crippen LogP contribution in [-0.2, 0) is 0 Å². The topological polar surface area (TPSA) is 74.8 Å². The molecule has 1 saturated carbocycles. The molecule has 1 heterocycles. The van der Waals surface area contributed by atoms with Gasteiger partial charge in [0.2, 0.25) is 0 Å². The second kappa shape index (κ2) is 5.99. The molecule has 1 unspecified atom stereocenters. The van der Waals surface area contributed by atoms with Crippen molar-refractivity contribution in [1.29, 1.82) is 0 Å². The number of hydrogen-bond donors (Lipinski definition) is 2. The van der Waals surface area contributed by atoms with Gasteiger partial charge in [0.15, 0.2) is 0 Å². The lowest BCUT2D eigenvalue weighted by molar-refractivity contribution is 0.0937. The van der Waals surface area contributed by atoms with Crippen molar-refractivity contribution in [2.75, 3.05) is 0 Å². The molecule has 1 fully saturated rings. The lowest BCUT2D eigenvalue weighted by Gasteiger charge is -2.17. The summed E-state index contributed by atoms with van der Waals surface area (Å²) in [4.78, 5) is 31.4. The molecule has 5 heteroatoms. The average molecular weight is 311 g/mol. The van der Waals surface area contributed by atoms with E-state index in [1.54, 1.807) is 0 Å². The minimum Gasteiger partial charge on any atom is -0.345 e. The summed E-state index contributed by atoms with van der Waals surface area (Å²) < 4.78 is 0. The first-order valence-electron chi connectivity index (χ1n) is 7.93. The molecule has 23 heavy (non-hydrogen) atoms. The van der Waals surface area contributed by atoms with E-state index in [-0.39, 0.29) is 17.2 Å². The van der Waals surface area contributed by atoms with Crippen LogP contribution in [0.5, 0.6) is 0 Å². The molecule has 1 atom stereocenters. The Kier molecular flexibility index (Phi) is 4.03. The molecule has 120 valence electrons. The van der Waals surface area contributed by atoms with Crippen LogP contribution in [0.15, 0.2) is 29.2 Å². The summed E-state index contributed by atoms with van der Waals surface area (Å²) >= 11 is 0. The van der Waals surface area contributed by atoms with Gasteiger partial charge in [-0.05, 0) is 50.3 Å². The number of aromatic nitrogens is 2. The monoisotopic (exact) mass is 311 g/mol. The van der Waals surface area contributed by atoms with E-state index in [9.17, 15) is 9.59 Å². The number of carbonyl (C=O) groups excluding carboxylic acids is 1. The highest BCUT2D eigenvalue weighted by Crippen LogP contribution is 2.37. The highest BCUT2D eigenvalue weighted by atomic mass is 16.2. The summed E-state index contributed by atoms with van der Waals surface area (Å²) in [5.41, 5.74) is 3.07. The molecule has 1 aliphatic rings. The van der Waals surface area contributed by atoms with Crippen molar-refractivity contribution in [2.24, 2.45) is 0 Å². The lowest BCUT2D eigenvalue weighted by atomic mass is 9.98. The molecule has 1 aromatic heterocycles. The number of nitrogens with one attached hydrogen (secondary N) is 2. The zero-order valence-corrected chi connectivity index (χ0v) is 13.6. The van der Waals surface area contributed by atoms with Crippen molar-refractivity contribution in [3.05, 3.63) is 62.8 Å². The molecule has 0 aliphatic heterocycles. The molecule has 1 aromatic carbocycles. The van der Waals surface area contributed by atoms with E-state index in [4.69, 9.17) is 0 Å². The number of aryl methyl sites for hydroxylation is 1. The second-order valence-electron chi connectivity index (χ2n) is 6.27. The Bertz CT molecular complexity index is 806. The van der Waals surface area contributed by atoms with Gasteiger partial charge in [-0.2, -0.15) is 0 Å². The minimum absolute atomic E-state index is 0.0616. The Morgan fingerprint density at radius 2 is 2.09 bits per heavy atom. The summed E-state index contributed by atoms with van der Waals surface area (Å²) in [5, 5.41) is 2.89. The van der Waals surface area contributed by atoms with Crippen LogP contribution in [0.25, 0.3) is 0 Å². The van der Waals surface area contributed by atoms with E-state index >= 15 is 0 Å². The first kappa shape index (κ1) is 15.5. The Balaban J connectivity index is 1.78. The maximum atomic E-state index is 12.4. The second-order valence-corrected chi connectivity index (χ2v) is 6.27. The van der Waals surface area contributed by atoms with Crippen LogP contribution in [0.4, 0.5) is 0 Å². The third kappa shape index (κ3) is 3.18. The van der Waals surface area contributed by atoms with Gasteiger partial charge in [-0.15, -0.1) is 0 Å². The smallest absolute Gasteiger partial charge is 0.263 e. The maximum absolute atomic E-state index is 12.4. The highest BCUT2D eigenvalue weighted by Gasteiger charge is 2.27. The number of nitrogens with zero attached hydrogens (tertiary/aromatic N) is 1. The summed E-state index contributed by atoms with van der Waals surface area (Å²) in [6.07, 6.45) is 3.49. The largest absolute Gasteiger partial charge is 0.345 e. The quantitative estimate of drug-likeness (QED) is 0.911. The van der Waals surface area contributed by atoms with Crippen LogP contribution >= 0.6 is 0 Å². The fourth-order valence-corrected chi connectivity index (χ4v) is 2.73. The van der Waals surface area contributed by atoms with Gasteiger partial charge in [-0.1, -0.05) is 18.2 Å². The van der Waals surface area contributed by atoms with Gasteiger partial charge in [0.05, 0.1) is 6.04 Å². The molecular weight excluding hydrogens is 290 g/mol. The summed E-state index contributed by atoms with van der Waals surface area (Å²) in [7, 11) is 0. The summed E-state index contributed by atoms with van der Waals surface area (Å²) in [6, 6.07) is 5.83. The highest BCUT2D eigenvalue weighted by molar-refractivity contribution is 5.93. The van der Waals surface area contributed by atoms with Crippen LogP contribution in [0, 0.1) is 13.8 Å². The number of carbonyl (C=O) groups is 1. The SMILES string of the molecule is Cc1cccc(C(C)NC(=O)c2cnc(C3CC3)[nH]c2=O)c1C. The zero-order chi connectivity index (χ0) is 16.6. The van der Waals surface area contributed by atoms with Crippen molar-refractivity contribution in [1.82, 2.24) is 15.3 Å². The van der Waals surface area contributed by atoms with Crippen LogP contribution in [0.3, 0.4) is 0 Å². The van der Waals surface area contributed by atoms with E-state index in [1.165, 1.54) is 11.8 Å². The van der Waals surface area contributed by atoms with Crippen LogP contribution in [-0.4, -0.2) is 15.9 Å². The fraction of sp³-hybridized carbons (Fsp3) is 0.389. The van der Waals surface area contributed by atoms with Crippen molar-refractivity contribution in [3.63, 3.8) is 0 Å². The Morgan fingerprint density at radius 1 is 1.35 bits per heavy atom. The van der Waals surface area contributed by atoms with Crippen molar-refractivity contribution >= 4 is 5.91 Å². The Morgan fingerprint density at radius 3 is 2.74 bits per heavy atom. The molecule has 0 bridgehead atoms. The van der Waals surface area contributed by atoms with Crippen LogP contribution < -0.4 is 10.9 Å². The predicted molar refractivity (Wildman–Crippen MR) is 88.6 cm³/mol. The number of amides is 1. The lowest BCUT2D eigenvalue weighted by Crippen LogP contribution is -2.32. The molecule has 3 rings (SSSR count). The van der Waals surface area contributed by atoms with Crippen LogP contribution in [0.1, 0.15) is 64.6 Å². The first-order valence-corrected chi connectivity index (χ1v) is 7.93. The number of H-pyrrole nitrogens is 1.